The first-order valence-corrected chi connectivity index (χ1v) is 5.42. The average Bonchev–Trinajstić information content (AvgIpc) is 2.37. The Morgan fingerprint density at radius 2 is 2.12 bits per heavy atom. The molecular formula is C12H18N2O3. The summed E-state index contributed by atoms with van der Waals surface area (Å²) in [7, 11) is 1.53. The molecule has 0 aromatic heterocycles. The van der Waals surface area contributed by atoms with Crippen LogP contribution in [0.1, 0.15) is 12.0 Å². The maximum atomic E-state index is 11.6. The molecule has 1 aromatic rings. The highest BCUT2D eigenvalue weighted by molar-refractivity contribution is 5.91. The maximum Gasteiger partial charge on any atom is 0.227 e. The number of benzene rings is 1. The maximum absolute atomic E-state index is 11.6. The van der Waals surface area contributed by atoms with Gasteiger partial charge in [0.1, 0.15) is 0 Å². The number of nitrogens with two attached hydrogens (primary N) is 1. The highest BCUT2D eigenvalue weighted by atomic mass is 16.5. The number of hydrogen-bond acceptors (Lipinski definition) is 4. The van der Waals surface area contributed by atoms with E-state index < -0.39 is 0 Å². The van der Waals surface area contributed by atoms with E-state index in [-0.39, 0.29) is 25.0 Å². The van der Waals surface area contributed by atoms with Crippen molar-refractivity contribution < 1.29 is 14.6 Å². The third kappa shape index (κ3) is 4.52. The van der Waals surface area contributed by atoms with Crippen molar-refractivity contribution >= 4 is 11.6 Å². The van der Waals surface area contributed by atoms with Gasteiger partial charge in [-0.3, -0.25) is 4.79 Å². The number of amides is 1. The fraction of sp³-hybridized carbons (Fsp3) is 0.417. The molecule has 17 heavy (non-hydrogen) atoms. The molecule has 1 atom stereocenters. The van der Waals surface area contributed by atoms with E-state index in [1.54, 1.807) is 24.3 Å². The first-order valence-electron chi connectivity index (χ1n) is 5.42. The van der Waals surface area contributed by atoms with Crippen LogP contribution in [0, 0.1) is 0 Å². The zero-order valence-corrected chi connectivity index (χ0v) is 9.85. The molecule has 5 nitrogen and oxygen atoms in total. The van der Waals surface area contributed by atoms with Gasteiger partial charge in [0.15, 0.2) is 0 Å². The third-order valence-corrected chi connectivity index (χ3v) is 2.43. The molecule has 94 valence electrons. The van der Waals surface area contributed by atoms with E-state index >= 15 is 0 Å². The number of anilines is 1. The van der Waals surface area contributed by atoms with Gasteiger partial charge < -0.3 is 20.9 Å². The minimum Gasteiger partial charge on any atom is -0.392 e. The van der Waals surface area contributed by atoms with Crippen LogP contribution in [0.4, 0.5) is 5.69 Å². The van der Waals surface area contributed by atoms with Crippen LogP contribution in [-0.4, -0.2) is 30.8 Å². The average molecular weight is 238 g/mol. The lowest BCUT2D eigenvalue weighted by Crippen LogP contribution is -2.28. The number of rotatable bonds is 6. The minimum absolute atomic E-state index is 0.00680. The zero-order chi connectivity index (χ0) is 12.7. The normalized spacial score (nSPS) is 12.2. The predicted molar refractivity (Wildman–Crippen MR) is 65.5 cm³/mol. The van der Waals surface area contributed by atoms with Gasteiger partial charge in [-0.1, -0.05) is 12.1 Å². The van der Waals surface area contributed by atoms with E-state index in [0.29, 0.717) is 12.2 Å². The number of methoxy groups -OCH3 is 1. The molecule has 0 aliphatic heterocycles. The molecule has 0 heterocycles. The Morgan fingerprint density at radius 1 is 1.47 bits per heavy atom. The van der Waals surface area contributed by atoms with Crippen LogP contribution in [0.2, 0.25) is 0 Å². The lowest BCUT2D eigenvalue weighted by atomic mass is 10.2. The Bertz CT molecular complexity index is 347. The number of aliphatic hydroxyl groups is 1. The van der Waals surface area contributed by atoms with Crippen LogP contribution in [0.5, 0.6) is 0 Å². The van der Waals surface area contributed by atoms with Crippen LogP contribution < -0.4 is 11.1 Å². The summed E-state index contributed by atoms with van der Waals surface area (Å²) in [5.41, 5.74) is 6.93. The first kappa shape index (κ1) is 13.6. The number of hydrogen-bond donors (Lipinski definition) is 3. The number of carbonyl (C=O) groups is 1. The van der Waals surface area contributed by atoms with E-state index in [2.05, 4.69) is 5.32 Å². The molecule has 0 bridgehead atoms. The Morgan fingerprint density at radius 3 is 2.59 bits per heavy atom. The van der Waals surface area contributed by atoms with E-state index in [0.717, 1.165) is 5.56 Å². The summed E-state index contributed by atoms with van der Waals surface area (Å²) < 4.78 is 5.03. The predicted octanol–water partition coefficient (Wildman–Crippen LogP) is 0.481. The van der Waals surface area contributed by atoms with Gasteiger partial charge in [-0.05, 0) is 17.7 Å². The molecule has 0 spiro atoms. The van der Waals surface area contributed by atoms with Crippen molar-refractivity contribution in [3.05, 3.63) is 29.8 Å². The zero-order valence-electron chi connectivity index (χ0n) is 9.85. The highest BCUT2D eigenvalue weighted by Gasteiger charge is 2.11. The van der Waals surface area contributed by atoms with E-state index in [4.69, 9.17) is 15.6 Å². The molecular weight excluding hydrogens is 220 g/mol. The van der Waals surface area contributed by atoms with Crippen LogP contribution >= 0.6 is 0 Å². The van der Waals surface area contributed by atoms with Crippen molar-refractivity contribution in [2.24, 2.45) is 5.73 Å². The third-order valence-electron chi connectivity index (χ3n) is 2.43. The lowest BCUT2D eigenvalue weighted by molar-refractivity contribution is -0.118. The van der Waals surface area contributed by atoms with Crippen molar-refractivity contribution in [2.75, 3.05) is 19.0 Å². The Kier molecular flexibility index (Phi) is 5.62. The summed E-state index contributed by atoms with van der Waals surface area (Å²) in [5.74, 6) is -0.140. The molecule has 0 saturated carbocycles. The standard InChI is InChI=1S/C12H18N2O3/c1-17-11(7-13)6-12(16)14-10-4-2-9(8-15)3-5-10/h2-5,11,15H,6-8,13H2,1H3,(H,14,16). The monoisotopic (exact) mass is 238 g/mol. The lowest BCUT2D eigenvalue weighted by Gasteiger charge is -2.12. The molecule has 1 aromatic carbocycles. The first-order chi connectivity index (χ1) is 8.19. The van der Waals surface area contributed by atoms with Crippen molar-refractivity contribution in [3.8, 4) is 0 Å². The number of ether oxygens (including phenoxy) is 1. The molecule has 0 radical (unpaired) electrons. The molecule has 1 unspecified atom stereocenters. The molecule has 1 amide bonds. The summed E-state index contributed by atoms with van der Waals surface area (Å²) in [6.07, 6.45) is -0.0268. The highest BCUT2D eigenvalue weighted by Crippen LogP contribution is 2.10. The second kappa shape index (κ2) is 7.01. The Balaban J connectivity index is 2.49. The summed E-state index contributed by atoms with van der Waals surface area (Å²) in [6.45, 7) is 0.306. The second-order valence-corrected chi connectivity index (χ2v) is 3.70. The van der Waals surface area contributed by atoms with Crippen LogP contribution in [0.15, 0.2) is 24.3 Å². The minimum atomic E-state index is -0.258. The van der Waals surface area contributed by atoms with Crippen molar-refractivity contribution in [1.82, 2.24) is 0 Å². The van der Waals surface area contributed by atoms with Crippen LogP contribution in [-0.2, 0) is 16.1 Å². The smallest absolute Gasteiger partial charge is 0.227 e. The van der Waals surface area contributed by atoms with E-state index in [1.807, 2.05) is 0 Å². The van der Waals surface area contributed by atoms with Gasteiger partial charge in [-0.2, -0.15) is 0 Å². The van der Waals surface area contributed by atoms with Gasteiger partial charge in [0.05, 0.1) is 19.1 Å². The number of nitrogens with one attached hydrogen (secondary N) is 1. The molecule has 0 saturated heterocycles. The quantitative estimate of drug-likeness (QED) is 0.673. The summed E-state index contributed by atoms with van der Waals surface area (Å²) in [5, 5.41) is 11.6. The second-order valence-electron chi connectivity index (χ2n) is 3.70. The molecule has 0 aliphatic carbocycles. The fourth-order valence-corrected chi connectivity index (χ4v) is 1.38. The SMILES string of the molecule is COC(CN)CC(=O)Nc1ccc(CO)cc1. The molecule has 0 aliphatic rings. The molecule has 4 N–H and O–H groups in total. The van der Waals surface area contributed by atoms with Crippen LogP contribution in [0.25, 0.3) is 0 Å². The summed E-state index contributed by atoms with van der Waals surface area (Å²) in [6, 6.07) is 7.00. The molecule has 1 rings (SSSR count). The van der Waals surface area contributed by atoms with Crippen LogP contribution in [0.3, 0.4) is 0 Å². The number of aliphatic hydroxyl groups excluding tert-OH is 1. The van der Waals surface area contributed by atoms with Gasteiger partial charge in [0.2, 0.25) is 5.91 Å². The Hall–Kier alpha value is -1.43. The topological polar surface area (TPSA) is 84.6 Å². The summed E-state index contributed by atoms with van der Waals surface area (Å²) in [4.78, 5) is 11.6. The van der Waals surface area contributed by atoms with Gasteiger partial charge in [-0.15, -0.1) is 0 Å². The van der Waals surface area contributed by atoms with Crippen molar-refractivity contribution in [3.63, 3.8) is 0 Å². The van der Waals surface area contributed by atoms with Gasteiger partial charge >= 0.3 is 0 Å². The molecule has 5 heteroatoms. The van der Waals surface area contributed by atoms with Crippen molar-refractivity contribution in [1.29, 1.82) is 0 Å². The Labute approximate surface area is 101 Å². The van der Waals surface area contributed by atoms with E-state index in [9.17, 15) is 4.79 Å². The summed E-state index contributed by atoms with van der Waals surface area (Å²) >= 11 is 0. The molecule has 0 fully saturated rings. The fourth-order valence-electron chi connectivity index (χ4n) is 1.38. The van der Waals surface area contributed by atoms with Gasteiger partial charge in [-0.25, -0.2) is 0 Å². The van der Waals surface area contributed by atoms with E-state index in [1.165, 1.54) is 7.11 Å². The van der Waals surface area contributed by atoms with Gasteiger partial charge in [0, 0.05) is 19.3 Å². The number of carbonyl (C=O) groups excluding carboxylic acids is 1. The van der Waals surface area contributed by atoms with Crippen molar-refractivity contribution in [2.45, 2.75) is 19.1 Å². The van der Waals surface area contributed by atoms with Gasteiger partial charge in [0.25, 0.3) is 0 Å². The largest absolute Gasteiger partial charge is 0.392 e.